The van der Waals surface area contributed by atoms with Gasteiger partial charge in [0.05, 0.1) is 7.11 Å². The van der Waals surface area contributed by atoms with Crippen LogP contribution < -0.4 is 10.1 Å². The third-order valence-electron chi connectivity index (χ3n) is 3.25. The lowest BCUT2D eigenvalue weighted by atomic mass is 10.2. The fourth-order valence-corrected chi connectivity index (χ4v) is 2.83. The highest BCUT2D eigenvalue weighted by atomic mass is 32.1. The van der Waals surface area contributed by atoms with Crippen molar-refractivity contribution in [1.29, 1.82) is 0 Å². The van der Waals surface area contributed by atoms with Crippen LogP contribution in [0.25, 0.3) is 10.6 Å². The van der Waals surface area contributed by atoms with Crippen LogP contribution in [0.15, 0.2) is 54.2 Å². The summed E-state index contributed by atoms with van der Waals surface area (Å²) in [5.74, 6) is 0.601. The van der Waals surface area contributed by atoms with Crippen molar-refractivity contribution >= 4 is 17.2 Å². The summed E-state index contributed by atoms with van der Waals surface area (Å²) in [5, 5.41) is 5.41. The van der Waals surface area contributed by atoms with Gasteiger partial charge in [0, 0.05) is 29.9 Å². The van der Waals surface area contributed by atoms with Crippen LogP contribution in [0.1, 0.15) is 16.1 Å². The van der Waals surface area contributed by atoms with Gasteiger partial charge in [-0.15, -0.1) is 11.3 Å². The fraction of sp³-hybridized carbons (Fsp3) is 0.118. The van der Waals surface area contributed by atoms with Gasteiger partial charge in [0.1, 0.15) is 16.5 Å². The van der Waals surface area contributed by atoms with Crippen molar-refractivity contribution in [2.75, 3.05) is 7.11 Å². The minimum absolute atomic E-state index is 0.190. The van der Waals surface area contributed by atoms with Gasteiger partial charge in [-0.05, 0) is 35.9 Å². The van der Waals surface area contributed by atoms with E-state index in [4.69, 9.17) is 4.74 Å². The van der Waals surface area contributed by atoms with Gasteiger partial charge in [-0.25, -0.2) is 4.98 Å². The van der Waals surface area contributed by atoms with Crippen molar-refractivity contribution in [2.45, 2.75) is 6.54 Å². The van der Waals surface area contributed by atoms with Crippen molar-refractivity contribution in [3.8, 4) is 16.3 Å². The highest BCUT2D eigenvalue weighted by Crippen LogP contribution is 2.25. The number of pyridine rings is 1. The Balaban J connectivity index is 1.67. The van der Waals surface area contributed by atoms with Crippen molar-refractivity contribution < 1.29 is 9.53 Å². The van der Waals surface area contributed by atoms with E-state index in [9.17, 15) is 4.79 Å². The first-order valence-corrected chi connectivity index (χ1v) is 7.91. The molecule has 116 valence electrons. The predicted octanol–water partition coefficient (Wildman–Crippen LogP) is 3.14. The average Bonchev–Trinajstić information content (AvgIpc) is 3.11. The van der Waals surface area contributed by atoms with Crippen LogP contribution in [0.3, 0.4) is 0 Å². The molecule has 3 aromatic rings. The number of aromatic nitrogens is 2. The molecule has 23 heavy (non-hydrogen) atoms. The lowest BCUT2D eigenvalue weighted by molar-refractivity contribution is 0.0946. The predicted molar refractivity (Wildman–Crippen MR) is 89.5 cm³/mol. The molecule has 0 atom stereocenters. The molecule has 0 aliphatic carbocycles. The van der Waals surface area contributed by atoms with Crippen LogP contribution in [0.2, 0.25) is 0 Å². The number of nitrogens with zero attached hydrogens (tertiary/aromatic N) is 2. The zero-order valence-electron chi connectivity index (χ0n) is 12.5. The fourth-order valence-electron chi connectivity index (χ4n) is 2.02. The van der Waals surface area contributed by atoms with Crippen LogP contribution in [-0.2, 0) is 6.54 Å². The van der Waals surface area contributed by atoms with E-state index in [1.165, 1.54) is 11.3 Å². The SMILES string of the molecule is COc1ccc(-c2nc(C(=O)NCc3cccnc3)cs2)cc1. The van der Waals surface area contributed by atoms with E-state index in [0.29, 0.717) is 12.2 Å². The van der Waals surface area contributed by atoms with Crippen LogP contribution in [-0.4, -0.2) is 23.0 Å². The Labute approximate surface area is 138 Å². The maximum absolute atomic E-state index is 12.2. The monoisotopic (exact) mass is 325 g/mol. The molecule has 0 radical (unpaired) electrons. The molecule has 1 N–H and O–H groups in total. The minimum Gasteiger partial charge on any atom is -0.497 e. The molecule has 6 heteroatoms. The van der Waals surface area contributed by atoms with E-state index in [0.717, 1.165) is 21.9 Å². The topological polar surface area (TPSA) is 64.1 Å². The number of amides is 1. The summed E-state index contributed by atoms with van der Waals surface area (Å²) in [5.41, 5.74) is 2.33. The van der Waals surface area contributed by atoms with E-state index in [2.05, 4.69) is 15.3 Å². The van der Waals surface area contributed by atoms with Gasteiger partial charge in [0.15, 0.2) is 0 Å². The first kappa shape index (κ1) is 15.2. The Bertz CT molecular complexity index is 785. The second-order valence-corrected chi connectivity index (χ2v) is 5.67. The Morgan fingerprint density at radius 2 is 2.09 bits per heavy atom. The number of rotatable bonds is 5. The molecule has 0 saturated carbocycles. The van der Waals surface area contributed by atoms with Gasteiger partial charge in [-0.3, -0.25) is 9.78 Å². The number of carbonyl (C=O) groups is 1. The Morgan fingerprint density at radius 1 is 1.26 bits per heavy atom. The Hall–Kier alpha value is -2.73. The van der Waals surface area contributed by atoms with Gasteiger partial charge in [0.25, 0.3) is 5.91 Å². The van der Waals surface area contributed by atoms with E-state index in [-0.39, 0.29) is 5.91 Å². The van der Waals surface area contributed by atoms with Crippen molar-refractivity contribution in [1.82, 2.24) is 15.3 Å². The van der Waals surface area contributed by atoms with Crippen LogP contribution in [0.5, 0.6) is 5.75 Å². The van der Waals surface area contributed by atoms with Gasteiger partial charge >= 0.3 is 0 Å². The molecule has 0 aliphatic heterocycles. The number of thiazole rings is 1. The van der Waals surface area contributed by atoms with Crippen LogP contribution in [0.4, 0.5) is 0 Å². The summed E-state index contributed by atoms with van der Waals surface area (Å²) in [6.45, 7) is 0.433. The molecule has 1 aromatic carbocycles. The largest absolute Gasteiger partial charge is 0.497 e. The smallest absolute Gasteiger partial charge is 0.271 e. The molecular formula is C17H15N3O2S. The molecule has 0 saturated heterocycles. The van der Waals surface area contributed by atoms with Crippen LogP contribution >= 0.6 is 11.3 Å². The van der Waals surface area contributed by atoms with Crippen molar-refractivity contribution in [3.63, 3.8) is 0 Å². The second-order valence-electron chi connectivity index (χ2n) is 4.81. The molecule has 0 spiro atoms. The lowest BCUT2D eigenvalue weighted by Gasteiger charge is -2.02. The van der Waals surface area contributed by atoms with E-state index in [1.54, 1.807) is 24.9 Å². The molecule has 2 aromatic heterocycles. The second kappa shape index (κ2) is 7.02. The highest BCUT2D eigenvalue weighted by molar-refractivity contribution is 7.13. The van der Waals surface area contributed by atoms with Crippen molar-refractivity contribution in [3.05, 3.63) is 65.4 Å². The maximum atomic E-state index is 12.2. The van der Waals surface area contributed by atoms with E-state index >= 15 is 0 Å². The molecule has 0 aliphatic rings. The molecule has 0 fully saturated rings. The first-order valence-electron chi connectivity index (χ1n) is 7.03. The number of methoxy groups -OCH3 is 1. The maximum Gasteiger partial charge on any atom is 0.271 e. The summed E-state index contributed by atoms with van der Waals surface area (Å²) >= 11 is 1.44. The molecule has 2 heterocycles. The Kier molecular flexibility index (Phi) is 4.63. The normalized spacial score (nSPS) is 10.3. The summed E-state index contributed by atoms with van der Waals surface area (Å²) < 4.78 is 5.14. The van der Waals surface area contributed by atoms with Crippen molar-refractivity contribution in [2.24, 2.45) is 0 Å². The zero-order valence-corrected chi connectivity index (χ0v) is 13.3. The molecule has 0 bridgehead atoms. The highest BCUT2D eigenvalue weighted by Gasteiger charge is 2.11. The average molecular weight is 325 g/mol. The number of hydrogen-bond acceptors (Lipinski definition) is 5. The van der Waals surface area contributed by atoms with Gasteiger partial charge in [0.2, 0.25) is 0 Å². The molecule has 3 rings (SSSR count). The minimum atomic E-state index is -0.190. The summed E-state index contributed by atoms with van der Waals surface area (Å²) in [7, 11) is 1.63. The van der Waals surface area contributed by atoms with Gasteiger partial charge < -0.3 is 10.1 Å². The van der Waals surface area contributed by atoms with E-state index in [1.807, 2.05) is 36.4 Å². The summed E-state index contributed by atoms with van der Waals surface area (Å²) in [4.78, 5) is 20.6. The number of carbonyl (C=O) groups excluding carboxylic acids is 1. The van der Waals surface area contributed by atoms with Gasteiger partial charge in [-0.2, -0.15) is 0 Å². The molecule has 5 nitrogen and oxygen atoms in total. The summed E-state index contributed by atoms with van der Waals surface area (Å²) in [6.07, 6.45) is 3.43. The Morgan fingerprint density at radius 3 is 2.78 bits per heavy atom. The third kappa shape index (κ3) is 3.73. The number of benzene rings is 1. The van der Waals surface area contributed by atoms with E-state index < -0.39 is 0 Å². The molecular weight excluding hydrogens is 310 g/mol. The molecule has 0 unspecified atom stereocenters. The summed E-state index contributed by atoms with van der Waals surface area (Å²) in [6, 6.07) is 11.4. The van der Waals surface area contributed by atoms with Gasteiger partial charge in [-0.1, -0.05) is 6.07 Å². The molecule has 1 amide bonds. The zero-order chi connectivity index (χ0) is 16.1. The van der Waals surface area contributed by atoms with Crippen LogP contribution in [0, 0.1) is 0 Å². The first-order chi connectivity index (χ1) is 11.3. The number of ether oxygens (including phenoxy) is 1. The third-order valence-corrected chi connectivity index (χ3v) is 4.14. The lowest BCUT2D eigenvalue weighted by Crippen LogP contribution is -2.23. The quantitative estimate of drug-likeness (QED) is 0.783. The standard InChI is InChI=1S/C17H15N3O2S/c1-22-14-6-4-13(5-7-14)17-20-15(11-23-17)16(21)19-10-12-3-2-8-18-9-12/h2-9,11H,10H2,1H3,(H,19,21). The number of nitrogens with one attached hydrogen (secondary N) is 1. The number of hydrogen-bond donors (Lipinski definition) is 1.